The van der Waals surface area contributed by atoms with Crippen molar-refractivity contribution in [3.8, 4) is 0 Å². The Hall–Kier alpha value is -2.64. The molecular weight excluding hydrogens is 276 g/mol. The van der Waals surface area contributed by atoms with Crippen LogP contribution in [0.4, 0.5) is 11.4 Å². The standard InChI is InChI=1S/C13H16N4O4/c1-14-10-7-9(3-4-11(10)17(20)21)13(19)16-6-2-5-15-12(18)8-16/h3-4,7,14H,2,5-6,8H2,1H3,(H,15,18). The highest BCUT2D eigenvalue weighted by molar-refractivity contribution is 5.98. The third-order valence-electron chi connectivity index (χ3n) is 3.26. The van der Waals surface area contributed by atoms with E-state index in [1.54, 1.807) is 7.05 Å². The van der Waals surface area contributed by atoms with Crippen molar-refractivity contribution >= 4 is 23.2 Å². The van der Waals surface area contributed by atoms with Gasteiger partial charge in [0.05, 0.1) is 11.5 Å². The first-order chi connectivity index (χ1) is 10.0. The van der Waals surface area contributed by atoms with Crippen LogP contribution in [0, 0.1) is 10.1 Å². The van der Waals surface area contributed by atoms with Gasteiger partial charge in [-0.15, -0.1) is 0 Å². The van der Waals surface area contributed by atoms with E-state index in [9.17, 15) is 19.7 Å². The lowest BCUT2D eigenvalue weighted by Gasteiger charge is -2.19. The number of amides is 2. The maximum Gasteiger partial charge on any atom is 0.292 e. The number of rotatable bonds is 3. The van der Waals surface area contributed by atoms with Crippen LogP contribution in [0.2, 0.25) is 0 Å². The highest BCUT2D eigenvalue weighted by Crippen LogP contribution is 2.25. The molecule has 8 heteroatoms. The molecule has 2 rings (SSSR count). The van der Waals surface area contributed by atoms with Gasteiger partial charge in [0.25, 0.3) is 11.6 Å². The molecule has 1 fully saturated rings. The van der Waals surface area contributed by atoms with E-state index < -0.39 is 4.92 Å². The van der Waals surface area contributed by atoms with E-state index in [1.165, 1.54) is 23.1 Å². The number of carbonyl (C=O) groups excluding carboxylic acids is 2. The summed E-state index contributed by atoms with van der Waals surface area (Å²) in [4.78, 5) is 35.7. The minimum Gasteiger partial charge on any atom is -0.383 e. The van der Waals surface area contributed by atoms with Crippen molar-refractivity contribution < 1.29 is 14.5 Å². The van der Waals surface area contributed by atoms with Crippen LogP contribution in [0.5, 0.6) is 0 Å². The van der Waals surface area contributed by atoms with E-state index in [2.05, 4.69) is 10.6 Å². The summed E-state index contributed by atoms with van der Waals surface area (Å²) in [6, 6.07) is 4.13. The Labute approximate surface area is 121 Å². The fourth-order valence-electron chi connectivity index (χ4n) is 2.19. The summed E-state index contributed by atoms with van der Waals surface area (Å²) >= 11 is 0. The van der Waals surface area contributed by atoms with Crippen LogP contribution in [0.1, 0.15) is 16.8 Å². The monoisotopic (exact) mass is 292 g/mol. The van der Waals surface area contributed by atoms with Crippen LogP contribution in [0.3, 0.4) is 0 Å². The summed E-state index contributed by atoms with van der Waals surface area (Å²) in [5.41, 5.74) is 0.493. The number of nitro groups is 1. The van der Waals surface area contributed by atoms with Crippen LogP contribution in [0.15, 0.2) is 18.2 Å². The normalized spacial score (nSPS) is 15.1. The van der Waals surface area contributed by atoms with Crippen molar-refractivity contribution in [2.75, 3.05) is 32.0 Å². The Kier molecular flexibility index (Phi) is 4.36. The van der Waals surface area contributed by atoms with Gasteiger partial charge in [0.2, 0.25) is 5.91 Å². The fourth-order valence-corrected chi connectivity index (χ4v) is 2.19. The van der Waals surface area contributed by atoms with Crippen molar-refractivity contribution in [1.29, 1.82) is 0 Å². The zero-order valence-electron chi connectivity index (χ0n) is 11.6. The Morgan fingerprint density at radius 3 is 2.90 bits per heavy atom. The molecule has 21 heavy (non-hydrogen) atoms. The molecule has 2 amide bonds. The number of hydrogen-bond donors (Lipinski definition) is 2. The summed E-state index contributed by atoms with van der Waals surface area (Å²) < 4.78 is 0. The third kappa shape index (κ3) is 3.28. The van der Waals surface area contributed by atoms with Crippen molar-refractivity contribution in [2.45, 2.75) is 6.42 Å². The maximum absolute atomic E-state index is 12.4. The number of hydrogen-bond acceptors (Lipinski definition) is 5. The molecule has 0 atom stereocenters. The molecule has 0 aromatic heterocycles. The van der Waals surface area contributed by atoms with E-state index in [0.29, 0.717) is 25.1 Å². The Balaban J connectivity index is 2.26. The smallest absolute Gasteiger partial charge is 0.292 e. The van der Waals surface area contributed by atoms with Crippen molar-refractivity contribution in [2.24, 2.45) is 0 Å². The van der Waals surface area contributed by atoms with Crippen molar-refractivity contribution in [3.05, 3.63) is 33.9 Å². The average Bonchev–Trinajstić information content (AvgIpc) is 2.70. The second-order valence-corrected chi connectivity index (χ2v) is 4.67. The molecule has 0 aliphatic carbocycles. The van der Waals surface area contributed by atoms with Gasteiger partial charge in [0.1, 0.15) is 5.69 Å². The second-order valence-electron chi connectivity index (χ2n) is 4.67. The number of anilines is 1. The van der Waals surface area contributed by atoms with Gasteiger partial charge in [-0.1, -0.05) is 0 Å². The molecule has 112 valence electrons. The van der Waals surface area contributed by atoms with E-state index in [4.69, 9.17) is 0 Å². The lowest BCUT2D eigenvalue weighted by molar-refractivity contribution is -0.383. The zero-order valence-corrected chi connectivity index (χ0v) is 11.6. The Morgan fingerprint density at radius 1 is 1.48 bits per heavy atom. The third-order valence-corrected chi connectivity index (χ3v) is 3.26. The summed E-state index contributed by atoms with van der Waals surface area (Å²) in [5, 5.41) is 16.3. The molecular formula is C13H16N4O4. The topological polar surface area (TPSA) is 105 Å². The number of benzene rings is 1. The molecule has 1 aliphatic rings. The van der Waals surface area contributed by atoms with Crippen LogP contribution < -0.4 is 10.6 Å². The van der Waals surface area contributed by atoms with Gasteiger partial charge in [0.15, 0.2) is 0 Å². The fraction of sp³-hybridized carbons (Fsp3) is 0.385. The Morgan fingerprint density at radius 2 is 2.24 bits per heavy atom. The molecule has 0 spiro atoms. The summed E-state index contributed by atoms with van der Waals surface area (Å²) in [7, 11) is 1.55. The minimum absolute atomic E-state index is 0.00467. The van der Waals surface area contributed by atoms with E-state index in [0.717, 1.165) is 0 Å². The van der Waals surface area contributed by atoms with Gasteiger partial charge in [0, 0.05) is 31.8 Å². The molecule has 0 saturated carbocycles. The molecule has 2 N–H and O–H groups in total. The zero-order chi connectivity index (χ0) is 15.4. The average molecular weight is 292 g/mol. The predicted octanol–water partition coefficient (Wildman–Crippen LogP) is 0.599. The molecule has 1 aliphatic heterocycles. The molecule has 1 aromatic rings. The van der Waals surface area contributed by atoms with Gasteiger partial charge in [-0.3, -0.25) is 19.7 Å². The van der Waals surface area contributed by atoms with Crippen molar-refractivity contribution in [3.63, 3.8) is 0 Å². The Bertz CT molecular complexity index is 588. The quantitative estimate of drug-likeness (QED) is 0.627. The minimum atomic E-state index is -0.514. The summed E-state index contributed by atoms with van der Waals surface area (Å²) in [6.45, 7) is 1.03. The van der Waals surface area contributed by atoms with Crippen LogP contribution >= 0.6 is 0 Å². The van der Waals surface area contributed by atoms with Crippen LogP contribution in [-0.2, 0) is 4.79 Å². The highest BCUT2D eigenvalue weighted by atomic mass is 16.6. The number of nitrogens with zero attached hydrogens (tertiary/aromatic N) is 2. The largest absolute Gasteiger partial charge is 0.383 e. The molecule has 0 bridgehead atoms. The molecule has 0 unspecified atom stereocenters. The van der Waals surface area contributed by atoms with E-state index >= 15 is 0 Å². The van der Waals surface area contributed by atoms with Crippen LogP contribution in [0.25, 0.3) is 0 Å². The maximum atomic E-state index is 12.4. The first kappa shape index (κ1) is 14.8. The summed E-state index contributed by atoms with van der Waals surface area (Å²) in [5.74, 6) is -0.505. The first-order valence-electron chi connectivity index (χ1n) is 6.55. The lowest BCUT2D eigenvalue weighted by Crippen LogP contribution is -2.37. The second kappa shape index (κ2) is 6.21. The van der Waals surface area contributed by atoms with E-state index in [1.807, 2.05) is 0 Å². The van der Waals surface area contributed by atoms with Gasteiger partial charge in [-0.2, -0.15) is 0 Å². The molecule has 1 aromatic carbocycles. The first-order valence-corrected chi connectivity index (χ1v) is 6.55. The molecule has 1 saturated heterocycles. The van der Waals surface area contributed by atoms with Gasteiger partial charge >= 0.3 is 0 Å². The van der Waals surface area contributed by atoms with Gasteiger partial charge < -0.3 is 15.5 Å². The summed E-state index contributed by atoms with van der Waals surface area (Å²) in [6.07, 6.45) is 0.684. The van der Waals surface area contributed by atoms with Gasteiger partial charge in [-0.05, 0) is 18.6 Å². The number of carbonyl (C=O) groups is 2. The van der Waals surface area contributed by atoms with E-state index in [-0.39, 0.29) is 29.7 Å². The lowest BCUT2D eigenvalue weighted by atomic mass is 10.1. The molecule has 0 radical (unpaired) electrons. The highest BCUT2D eigenvalue weighted by Gasteiger charge is 2.23. The number of nitro benzene ring substituents is 1. The molecule has 8 nitrogen and oxygen atoms in total. The van der Waals surface area contributed by atoms with Crippen LogP contribution in [-0.4, -0.2) is 48.3 Å². The predicted molar refractivity (Wildman–Crippen MR) is 76.2 cm³/mol. The van der Waals surface area contributed by atoms with Gasteiger partial charge in [-0.25, -0.2) is 0 Å². The number of nitrogens with one attached hydrogen (secondary N) is 2. The SMILES string of the molecule is CNc1cc(C(=O)N2CCCNC(=O)C2)ccc1[N+](=O)[O-]. The van der Waals surface area contributed by atoms with Crippen molar-refractivity contribution in [1.82, 2.24) is 10.2 Å². The molecule has 1 heterocycles.